The molecule has 5 nitrogen and oxygen atoms in total. The van der Waals surface area contributed by atoms with Gasteiger partial charge in [-0.05, 0) is 54.4 Å². The number of carbonyl (C=O) groups is 1. The predicted octanol–water partition coefficient (Wildman–Crippen LogP) is 4.69. The monoisotopic (exact) mass is 374 g/mol. The van der Waals surface area contributed by atoms with Crippen LogP contribution in [0.3, 0.4) is 0 Å². The fourth-order valence-corrected chi connectivity index (χ4v) is 3.11. The van der Waals surface area contributed by atoms with Crippen molar-refractivity contribution in [2.24, 2.45) is 0 Å². The van der Waals surface area contributed by atoms with E-state index in [-0.39, 0.29) is 5.91 Å². The van der Waals surface area contributed by atoms with Crippen LogP contribution < -0.4 is 20.1 Å². The number of amides is 1. The third-order valence-corrected chi connectivity index (χ3v) is 4.61. The van der Waals surface area contributed by atoms with Gasteiger partial charge in [-0.3, -0.25) is 4.79 Å². The summed E-state index contributed by atoms with van der Waals surface area (Å²) in [5.41, 5.74) is 4.77. The summed E-state index contributed by atoms with van der Waals surface area (Å²) in [7, 11) is 0. The molecule has 1 aliphatic heterocycles. The van der Waals surface area contributed by atoms with Crippen molar-refractivity contribution in [3.63, 3.8) is 0 Å². The van der Waals surface area contributed by atoms with Crippen molar-refractivity contribution in [2.45, 2.75) is 13.3 Å². The van der Waals surface area contributed by atoms with Crippen molar-refractivity contribution < 1.29 is 14.3 Å². The number of hydrogen-bond donors (Lipinski definition) is 2. The second-order valence-electron chi connectivity index (χ2n) is 6.71. The molecule has 0 aliphatic carbocycles. The van der Waals surface area contributed by atoms with Crippen LogP contribution in [0.15, 0.2) is 66.7 Å². The van der Waals surface area contributed by atoms with Crippen LogP contribution in [-0.2, 0) is 11.2 Å². The summed E-state index contributed by atoms with van der Waals surface area (Å²) in [5, 5.41) is 6.28. The second-order valence-corrected chi connectivity index (χ2v) is 6.71. The zero-order chi connectivity index (χ0) is 19.3. The van der Waals surface area contributed by atoms with Gasteiger partial charge < -0.3 is 20.1 Å². The highest BCUT2D eigenvalue weighted by atomic mass is 16.6. The van der Waals surface area contributed by atoms with Gasteiger partial charge in [0, 0.05) is 23.1 Å². The zero-order valence-corrected chi connectivity index (χ0v) is 15.7. The number of aryl methyl sites for hydroxylation is 1. The molecule has 0 unspecified atom stereocenters. The maximum Gasteiger partial charge on any atom is 0.228 e. The van der Waals surface area contributed by atoms with E-state index in [0.29, 0.717) is 19.6 Å². The molecule has 0 aromatic heterocycles. The highest BCUT2D eigenvalue weighted by Gasteiger charge is 2.12. The van der Waals surface area contributed by atoms with Gasteiger partial charge in [0.05, 0.1) is 6.42 Å². The van der Waals surface area contributed by atoms with E-state index in [2.05, 4.69) is 10.6 Å². The van der Waals surface area contributed by atoms with E-state index in [1.54, 1.807) is 0 Å². The molecule has 142 valence electrons. The molecule has 4 rings (SSSR count). The lowest BCUT2D eigenvalue weighted by Gasteiger charge is -2.19. The van der Waals surface area contributed by atoms with Gasteiger partial charge in [-0.2, -0.15) is 0 Å². The Morgan fingerprint density at radius 3 is 2.32 bits per heavy atom. The number of fused-ring (bicyclic) bond motifs is 1. The van der Waals surface area contributed by atoms with E-state index < -0.39 is 0 Å². The quantitative estimate of drug-likeness (QED) is 0.680. The molecule has 0 spiro atoms. The Labute approximate surface area is 164 Å². The van der Waals surface area contributed by atoms with Crippen LogP contribution in [0.2, 0.25) is 0 Å². The Balaban J connectivity index is 1.37. The molecule has 1 amide bonds. The summed E-state index contributed by atoms with van der Waals surface area (Å²) in [4.78, 5) is 12.3. The summed E-state index contributed by atoms with van der Waals surface area (Å²) in [6.07, 6.45) is 0.365. The van der Waals surface area contributed by atoms with Gasteiger partial charge in [0.25, 0.3) is 0 Å². The molecule has 0 saturated heterocycles. The topological polar surface area (TPSA) is 59.6 Å². The van der Waals surface area contributed by atoms with Crippen molar-refractivity contribution >= 4 is 23.0 Å². The standard InChI is InChI=1S/C23H22N2O3/c1-16-4-2-3-5-17(16)14-23(26)25-19-8-6-18(7-9-19)24-20-10-11-21-22(15-20)28-13-12-27-21/h2-11,15,24H,12-14H2,1H3,(H,25,26). The molecule has 2 N–H and O–H groups in total. The highest BCUT2D eigenvalue weighted by Crippen LogP contribution is 2.33. The van der Waals surface area contributed by atoms with Crippen molar-refractivity contribution in [2.75, 3.05) is 23.8 Å². The van der Waals surface area contributed by atoms with Gasteiger partial charge >= 0.3 is 0 Å². The maximum absolute atomic E-state index is 12.3. The highest BCUT2D eigenvalue weighted by molar-refractivity contribution is 5.92. The van der Waals surface area contributed by atoms with E-state index in [4.69, 9.17) is 9.47 Å². The van der Waals surface area contributed by atoms with Crippen LogP contribution >= 0.6 is 0 Å². The molecule has 5 heteroatoms. The van der Waals surface area contributed by atoms with Gasteiger partial charge in [-0.1, -0.05) is 24.3 Å². The molecule has 0 bridgehead atoms. The number of hydrogen-bond acceptors (Lipinski definition) is 4. The number of rotatable bonds is 5. The number of anilines is 3. The molecule has 3 aromatic carbocycles. The molecule has 0 atom stereocenters. The van der Waals surface area contributed by atoms with Crippen LogP contribution in [0, 0.1) is 6.92 Å². The van der Waals surface area contributed by atoms with Gasteiger partial charge in [-0.25, -0.2) is 0 Å². The molecular weight excluding hydrogens is 352 g/mol. The van der Waals surface area contributed by atoms with E-state index in [1.807, 2.05) is 73.7 Å². The minimum absolute atomic E-state index is 0.0261. The van der Waals surface area contributed by atoms with Crippen LogP contribution in [0.5, 0.6) is 11.5 Å². The SMILES string of the molecule is Cc1ccccc1CC(=O)Nc1ccc(Nc2ccc3c(c2)OCCO3)cc1. The van der Waals surface area contributed by atoms with Crippen molar-refractivity contribution in [1.29, 1.82) is 0 Å². The smallest absolute Gasteiger partial charge is 0.228 e. The van der Waals surface area contributed by atoms with Crippen LogP contribution in [0.1, 0.15) is 11.1 Å². The van der Waals surface area contributed by atoms with E-state index in [9.17, 15) is 4.79 Å². The van der Waals surface area contributed by atoms with Crippen molar-refractivity contribution in [1.82, 2.24) is 0 Å². The number of benzene rings is 3. The van der Waals surface area contributed by atoms with Crippen LogP contribution in [0.25, 0.3) is 0 Å². The van der Waals surface area contributed by atoms with Crippen LogP contribution in [-0.4, -0.2) is 19.1 Å². The second kappa shape index (κ2) is 8.05. The fourth-order valence-electron chi connectivity index (χ4n) is 3.11. The molecule has 3 aromatic rings. The summed E-state index contributed by atoms with van der Waals surface area (Å²) in [6.45, 7) is 3.16. The van der Waals surface area contributed by atoms with Gasteiger partial charge in [0.2, 0.25) is 5.91 Å². The van der Waals surface area contributed by atoms with Gasteiger partial charge in [0.1, 0.15) is 13.2 Å². The molecule has 1 heterocycles. The van der Waals surface area contributed by atoms with E-state index in [1.165, 1.54) is 0 Å². The number of nitrogens with one attached hydrogen (secondary N) is 2. The van der Waals surface area contributed by atoms with Crippen molar-refractivity contribution in [3.05, 3.63) is 77.9 Å². The Kier molecular flexibility index (Phi) is 5.15. The molecule has 1 aliphatic rings. The molecular formula is C23H22N2O3. The lowest BCUT2D eigenvalue weighted by Crippen LogP contribution is -2.15. The fraction of sp³-hybridized carbons (Fsp3) is 0.174. The predicted molar refractivity (Wildman–Crippen MR) is 111 cm³/mol. The summed E-state index contributed by atoms with van der Waals surface area (Å²) < 4.78 is 11.1. The lowest BCUT2D eigenvalue weighted by atomic mass is 10.1. The van der Waals surface area contributed by atoms with Gasteiger partial charge in [0.15, 0.2) is 11.5 Å². The average Bonchev–Trinajstić information content (AvgIpc) is 2.71. The molecule has 28 heavy (non-hydrogen) atoms. The molecule has 0 radical (unpaired) electrons. The largest absolute Gasteiger partial charge is 0.486 e. The minimum Gasteiger partial charge on any atom is -0.486 e. The third kappa shape index (κ3) is 4.26. The van der Waals surface area contributed by atoms with Crippen molar-refractivity contribution in [3.8, 4) is 11.5 Å². The molecule has 0 fully saturated rings. The lowest BCUT2D eigenvalue weighted by molar-refractivity contribution is -0.115. The zero-order valence-electron chi connectivity index (χ0n) is 15.7. The summed E-state index contributed by atoms with van der Waals surface area (Å²) in [6, 6.07) is 21.3. The number of carbonyl (C=O) groups excluding carboxylic acids is 1. The molecule has 0 saturated carbocycles. The third-order valence-electron chi connectivity index (χ3n) is 4.61. The Morgan fingerprint density at radius 2 is 1.54 bits per heavy atom. The summed E-state index contributed by atoms with van der Waals surface area (Å²) >= 11 is 0. The summed E-state index contributed by atoms with van der Waals surface area (Å²) in [5.74, 6) is 1.49. The normalized spacial score (nSPS) is 12.3. The van der Waals surface area contributed by atoms with E-state index in [0.717, 1.165) is 39.7 Å². The first kappa shape index (κ1) is 17.9. The Morgan fingerprint density at radius 1 is 0.857 bits per heavy atom. The first-order chi connectivity index (χ1) is 13.7. The first-order valence-electron chi connectivity index (χ1n) is 9.28. The van der Waals surface area contributed by atoms with Gasteiger partial charge in [-0.15, -0.1) is 0 Å². The maximum atomic E-state index is 12.3. The Bertz CT molecular complexity index is 983. The number of ether oxygens (including phenoxy) is 2. The first-order valence-corrected chi connectivity index (χ1v) is 9.28. The average molecular weight is 374 g/mol. The van der Waals surface area contributed by atoms with E-state index >= 15 is 0 Å². The van der Waals surface area contributed by atoms with Crippen LogP contribution in [0.4, 0.5) is 17.1 Å². The Hall–Kier alpha value is -3.47. The minimum atomic E-state index is -0.0261.